The van der Waals surface area contributed by atoms with Gasteiger partial charge >= 0.3 is 0 Å². The van der Waals surface area contributed by atoms with Gasteiger partial charge in [0.15, 0.2) is 0 Å². The van der Waals surface area contributed by atoms with Crippen LogP contribution in [0.5, 0.6) is 0 Å². The molecule has 0 amide bonds. The van der Waals surface area contributed by atoms with Gasteiger partial charge in [-0.15, -0.1) is 0 Å². The lowest BCUT2D eigenvalue weighted by Crippen LogP contribution is -1.99. The quantitative estimate of drug-likeness (QED) is 0.657. The second kappa shape index (κ2) is 4.27. The molecule has 0 heterocycles. The average Bonchev–Trinajstić information content (AvgIpc) is 2.04. The average molecular weight is 183 g/mol. The summed E-state index contributed by atoms with van der Waals surface area (Å²) in [5, 5.41) is 0.727. The molecule has 0 aliphatic carbocycles. The van der Waals surface area contributed by atoms with E-state index in [-0.39, 0.29) is 5.92 Å². The fraction of sp³-hybridized carbons (Fsp3) is 0.300. The lowest BCUT2D eigenvalue weighted by molar-refractivity contribution is -0.110. The molecule has 0 fully saturated rings. The van der Waals surface area contributed by atoms with Crippen molar-refractivity contribution in [1.29, 1.82) is 0 Å². The number of hydrogen-bond donors (Lipinski definition) is 0. The SMILES string of the molecule is CC(C=O)Cc1cccc(Cl)c1. The van der Waals surface area contributed by atoms with Crippen LogP contribution in [0.1, 0.15) is 12.5 Å². The summed E-state index contributed by atoms with van der Waals surface area (Å²) in [5.74, 6) is 0.0727. The lowest BCUT2D eigenvalue weighted by atomic mass is 10.0. The Morgan fingerprint density at radius 2 is 2.33 bits per heavy atom. The number of carbonyl (C=O) groups excluding carboxylic acids is 1. The minimum Gasteiger partial charge on any atom is -0.303 e. The summed E-state index contributed by atoms with van der Waals surface area (Å²) < 4.78 is 0. The molecule has 1 aromatic rings. The van der Waals surface area contributed by atoms with Crippen LogP contribution in [0.15, 0.2) is 24.3 Å². The smallest absolute Gasteiger partial charge is 0.123 e. The highest BCUT2D eigenvalue weighted by Crippen LogP contribution is 2.13. The second-order valence-electron chi connectivity index (χ2n) is 2.95. The van der Waals surface area contributed by atoms with Crippen molar-refractivity contribution >= 4 is 17.9 Å². The number of aldehydes is 1. The number of carbonyl (C=O) groups is 1. The van der Waals surface area contributed by atoms with Crippen LogP contribution in [0.3, 0.4) is 0 Å². The zero-order valence-electron chi connectivity index (χ0n) is 6.96. The van der Waals surface area contributed by atoms with Crippen LogP contribution < -0.4 is 0 Å². The van der Waals surface area contributed by atoms with Gasteiger partial charge in [0, 0.05) is 10.9 Å². The third-order valence-corrected chi connectivity index (χ3v) is 1.91. The Balaban J connectivity index is 2.69. The molecule has 64 valence electrons. The molecule has 0 saturated carbocycles. The third-order valence-electron chi connectivity index (χ3n) is 1.68. The van der Waals surface area contributed by atoms with Crippen molar-refractivity contribution in [1.82, 2.24) is 0 Å². The highest BCUT2D eigenvalue weighted by Gasteiger charge is 2.01. The molecule has 0 spiro atoms. The minimum absolute atomic E-state index is 0.0727. The maximum atomic E-state index is 10.4. The Bertz CT molecular complexity index is 270. The van der Waals surface area contributed by atoms with E-state index in [1.165, 1.54) is 0 Å². The minimum atomic E-state index is 0.0727. The van der Waals surface area contributed by atoms with Gasteiger partial charge in [0.2, 0.25) is 0 Å². The van der Waals surface area contributed by atoms with Gasteiger partial charge < -0.3 is 4.79 Å². The van der Waals surface area contributed by atoms with Crippen molar-refractivity contribution in [2.45, 2.75) is 13.3 Å². The van der Waals surface area contributed by atoms with Crippen molar-refractivity contribution in [3.63, 3.8) is 0 Å². The molecule has 0 radical (unpaired) electrons. The van der Waals surface area contributed by atoms with Crippen molar-refractivity contribution in [3.8, 4) is 0 Å². The molecular weight excluding hydrogens is 172 g/mol. The van der Waals surface area contributed by atoms with Crippen LogP contribution >= 0.6 is 11.6 Å². The zero-order valence-corrected chi connectivity index (χ0v) is 7.71. The first-order chi connectivity index (χ1) is 5.72. The van der Waals surface area contributed by atoms with E-state index in [0.717, 1.165) is 23.3 Å². The standard InChI is InChI=1S/C10H11ClO/c1-8(7-12)5-9-3-2-4-10(11)6-9/h2-4,6-8H,5H2,1H3. The van der Waals surface area contributed by atoms with Gasteiger partial charge in [0.1, 0.15) is 6.29 Å². The molecule has 0 saturated heterocycles. The molecular formula is C10H11ClO. The number of rotatable bonds is 3. The topological polar surface area (TPSA) is 17.1 Å². The first-order valence-corrected chi connectivity index (χ1v) is 4.30. The van der Waals surface area contributed by atoms with Crippen molar-refractivity contribution in [3.05, 3.63) is 34.9 Å². The molecule has 2 heteroatoms. The summed E-state index contributed by atoms with van der Waals surface area (Å²) in [4.78, 5) is 10.4. The van der Waals surface area contributed by atoms with Crippen LogP contribution in [-0.4, -0.2) is 6.29 Å². The predicted octanol–water partition coefficient (Wildman–Crippen LogP) is 2.72. The molecule has 1 aromatic carbocycles. The fourth-order valence-corrected chi connectivity index (χ4v) is 1.30. The number of benzene rings is 1. The van der Waals surface area contributed by atoms with E-state index in [1.54, 1.807) is 0 Å². The summed E-state index contributed by atoms with van der Waals surface area (Å²) in [6.07, 6.45) is 1.73. The fourth-order valence-electron chi connectivity index (χ4n) is 1.08. The van der Waals surface area contributed by atoms with E-state index in [1.807, 2.05) is 31.2 Å². The largest absolute Gasteiger partial charge is 0.303 e. The van der Waals surface area contributed by atoms with Crippen molar-refractivity contribution in [2.75, 3.05) is 0 Å². The Labute approximate surface area is 77.4 Å². The van der Waals surface area contributed by atoms with Gasteiger partial charge in [-0.1, -0.05) is 30.7 Å². The van der Waals surface area contributed by atoms with Gasteiger partial charge in [0.25, 0.3) is 0 Å². The lowest BCUT2D eigenvalue weighted by Gasteiger charge is -2.03. The maximum absolute atomic E-state index is 10.4. The summed E-state index contributed by atoms with van der Waals surface area (Å²) in [6.45, 7) is 1.90. The van der Waals surface area contributed by atoms with Gasteiger partial charge in [-0.2, -0.15) is 0 Å². The zero-order chi connectivity index (χ0) is 8.97. The second-order valence-corrected chi connectivity index (χ2v) is 3.38. The molecule has 0 N–H and O–H groups in total. The Morgan fingerprint density at radius 1 is 1.58 bits per heavy atom. The normalized spacial score (nSPS) is 12.5. The van der Waals surface area contributed by atoms with Gasteiger partial charge in [-0.3, -0.25) is 0 Å². The van der Waals surface area contributed by atoms with E-state index in [0.29, 0.717) is 0 Å². The summed E-state index contributed by atoms with van der Waals surface area (Å²) in [6, 6.07) is 7.60. The highest BCUT2D eigenvalue weighted by molar-refractivity contribution is 6.30. The molecule has 0 bridgehead atoms. The highest BCUT2D eigenvalue weighted by atomic mass is 35.5. The van der Waals surface area contributed by atoms with Gasteiger partial charge in [-0.05, 0) is 24.1 Å². The van der Waals surface area contributed by atoms with Crippen molar-refractivity contribution in [2.24, 2.45) is 5.92 Å². The van der Waals surface area contributed by atoms with E-state index in [4.69, 9.17) is 11.6 Å². The number of halogens is 1. The summed E-state index contributed by atoms with van der Waals surface area (Å²) in [7, 11) is 0. The van der Waals surface area contributed by atoms with Crippen LogP contribution in [0.25, 0.3) is 0 Å². The first kappa shape index (κ1) is 9.27. The van der Waals surface area contributed by atoms with E-state index in [2.05, 4.69) is 0 Å². The van der Waals surface area contributed by atoms with Crippen LogP contribution in [0.4, 0.5) is 0 Å². The molecule has 0 aliphatic heterocycles. The molecule has 1 atom stereocenters. The molecule has 1 unspecified atom stereocenters. The van der Waals surface area contributed by atoms with E-state index in [9.17, 15) is 4.79 Å². The monoisotopic (exact) mass is 182 g/mol. The van der Waals surface area contributed by atoms with E-state index >= 15 is 0 Å². The number of hydrogen-bond acceptors (Lipinski definition) is 1. The molecule has 0 aromatic heterocycles. The molecule has 12 heavy (non-hydrogen) atoms. The maximum Gasteiger partial charge on any atom is 0.123 e. The Morgan fingerprint density at radius 3 is 2.92 bits per heavy atom. The third kappa shape index (κ3) is 2.67. The molecule has 1 rings (SSSR count). The summed E-state index contributed by atoms with van der Waals surface area (Å²) >= 11 is 5.78. The van der Waals surface area contributed by atoms with Gasteiger partial charge in [0.05, 0.1) is 0 Å². The predicted molar refractivity (Wildman–Crippen MR) is 50.4 cm³/mol. The molecule has 1 nitrogen and oxygen atoms in total. The van der Waals surface area contributed by atoms with Crippen LogP contribution in [0, 0.1) is 5.92 Å². The first-order valence-electron chi connectivity index (χ1n) is 3.92. The van der Waals surface area contributed by atoms with E-state index < -0.39 is 0 Å². The Kier molecular flexibility index (Phi) is 3.30. The molecule has 0 aliphatic rings. The van der Waals surface area contributed by atoms with Gasteiger partial charge in [-0.25, -0.2) is 0 Å². The van der Waals surface area contributed by atoms with Crippen LogP contribution in [-0.2, 0) is 11.2 Å². The Hall–Kier alpha value is -0.820. The van der Waals surface area contributed by atoms with Crippen molar-refractivity contribution < 1.29 is 4.79 Å². The van der Waals surface area contributed by atoms with Crippen LogP contribution in [0.2, 0.25) is 5.02 Å². The summed E-state index contributed by atoms with van der Waals surface area (Å²) in [5.41, 5.74) is 1.11.